The van der Waals surface area contributed by atoms with Gasteiger partial charge in [-0.05, 0) is 34.1 Å². The van der Waals surface area contributed by atoms with Gasteiger partial charge in [-0.1, -0.05) is 23.7 Å². The number of aromatic nitrogens is 1. The van der Waals surface area contributed by atoms with Crippen LogP contribution in [0.15, 0.2) is 52.8 Å². The Balaban J connectivity index is 2.15. The molecule has 2 aromatic rings. The second-order valence-electron chi connectivity index (χ2n) is 5.39. The molecule has 2 nitrogen and oxygen atoms in total. The zero-order valence-corrected chi connectivity index (χ0v) is 15.7. The van der Waals surface area contributed by atoms with Gasteiger partial charge in [-0.25, -0.2) is 4.39 Å². The van der Waals surface area contributed by atoms with Gasteiger partial charge in [-0.2, -0.15) is 0 Å². The van der Waals surface area contributed by atoms with Crippen LogP contribution in [0.25, 0.3) is 5.57 Å². The molecule has 0 fully saturated rings. The van der Waals surface area contributed by atoms with E-state index in [1.807, 2.05) is 0 Å². The van der Waals surface area contributed by atoms with E-state index in [-0.39, 0.29) is 25.6 Å². The maximum absolute atomic E-state index is 15.1. The number of rotatable bonds is 1. The van der Waals surface area contributed by atoms with Gasteiger partial charge in [0.15, 0.2) is 5.70 Å². The van der Waals surface area contributed by atoms with Gasteiger partial charge < -0.3 is 17.6 Å². The molecule has 2 aliphatic rings. The molecule has 1 aromatic heterocycles. The van der Waals surface area contributed by atoms with E-state index in [9.17, 15) is 4.39 Å². The molecule has 0 saturated heterocycles. The van der Waals surface area contributed by atoms with Crippen LogP contribution in [0, 0.1) is 5.82 Å². The van der Waals surface area contributed by atoms with Crippen LogP contribution < -0.4 is 0 Å². The zero-order valence-electron chi connectivity index (χ0n) is 11.8. The Morgan fingerprint density at radius 3 is 2.58 bits per heavy atom. The van der Waals surface area contributed by atoms with Gasteiger partial charge in [0.25, 0.3) is 0 Å². The second-order valence-corrected chi connectivity index (χ2v) is 7.39. The molecule has 9 heteroatoms. The molecule has 0 unspecified atom stereocenters. The highest BCUT2D eigenvalue weighted by Gasteiger charge is 2.54. The summed E-state index contributed by atoms with van der Waals surface area (Å²) in [5, 5.41) is -0.0991. The third-order valence-electron chi connectivity index (χ3n) is 4.09. The molecule has 0 spiro atoms. The Bertz CT molecular complexity index is 995. The van der Waals surface area contributed by atoms with Gasteiger partial charge in [0.05, 0.1) is 15.2 Å². The van der Waals surface area contributed by atoms with E-state index in [0.717, 1.165) is 8.96 Å². The summed E-state index contributed by atoms with van der Waals surface area (Å²) in [5.74, 6) is -0.598. The molecule has 24 heavy (non-hydrogen) atoms. The highest BCUT2D eigenvalue weighted by Crippen LogP contribution is 2.43. The Hall–Kier alpha value is -1.25. The smallest absolute Gasteiger partial charge is 0.389 e. The minimum Gasteiger partial charge on any atom is -0.389 e. The lowest BCUT2D eigenvalue weighted by Gasteiger charge is -2.32. The molecule has 4 rings (SSSR count). The summed E-state index contributed by atoms with van der Waals surface area (Å²) < 4.78 is 46.3. The Morgan fingerprint density at radius 2 is 1.83 bits per heavy atom. The largest absolute Gasteiger partial charge is 0.738 e. The standard InChI is InChI=1S/C15H7BBr2ClF3N2/c17-12-6-4-10-14(8-2-1-3-9(20)15(8)19)11-5-7-13(18)24(11)16(21,22)23(10)12/h1-7H. The average Bonchev–Trinajstić information content (AvgIpc) is 3.09. The fourth-order valence-corrected chi connectivity index (χ4v) is 4.46. The number of halogens is 6. The molecule has 2 aliphatic heterocycles. The summed E-state index contributed by atoms with van der Waals surface area (Å²) in [5.41, 5.74) is 1.36. The van der Waals surface area contributed by atoms with Crippen molar-refractivity contribution in [2.45, 2.75) is 0 Å². The first-order valence-corrected chi connectivity index (χ1v) is 8.88. The molecule has 0 saturated carbocycles. The minimum absolute atomic E-state index is 0.0991. The fourth-order valence-electron chi connectivity index (χ4n) is 3.11. The van der Waals surface area contributed by atoms with Crippen molar-refractivity contribution in [3.05, 3.63) is 74.9 Å². The van der Waals surface area contributed by atoms with Crippen molar-refractivity contribution in [1.82, 2.24) is 4.48 Å². The quantitative estimate of drug-likeness (QED) is 0.485. The predicted molar refractivity (Wildman–Crippen MR) is 96.3 cm³/mol. The molecule has 0 aliphatic carbocycles. The zero-order chi connectivity index (χ0) is 17.2. The summed E-state index contributed by atoms with van der Waals surface area (Å²) in [4.78, 5) is 0. The topological polar surface area (TPSA) is 7.94 Å². The number of hydrogen-bond acceptors (Lipinski definition) is 0. The summed E-state index contributed by atoms with van der Waals surface area (Å²) in [6, 6.07) is 7.47. The van der Waals surface area contributed by atoms with Crippen LogP contribution in [0.2, 0.25) is 5.02 Å². The van der Waals surface area contributed by atoms with E-state index in [1.54, 1.807) is 30.4 Å². The van der Waals surface area contributed by atoms with Crippen molar-refractivity contribution in [3.8, 4) is 0 Å². The molecule has 0 amide bonds. The molecular weight excluding hydrogens is 471 g/mol. The second kappa shape index (κ2) is 5.38. The van der Waals surface area contributed by atoms with Crippen LogP contribution in [-0.4, -0.2) is 20.6 Å². The lowest BCUT2D eigenvalue weighted by molar-refractivity contribution is -0.358. The maximum atomic E-state index is 15.1. The first-order chi connectivity index (χ1) is 11.3. The van der Waals surface area contributed by atoms with Crippen molar-refractivity contribution in [3.63, 3.8) is 0 Å². The third kappa shape index (κ3) is 2.06. The number of fused-ring (bicyclic) bond motifs is 2. The summed E-state index contributed by atoms with van der Waals surface area (Å²) >= 11 is 12.5. The molecule has 0 N–H and O–H groups in total. The maximum Gasteiger partial charge on any atom is 0.738 e. The summed E-state index contributed by atoms with van der Waals surface area (Å²) in [6.07, 6.45) is 3.11. The van der Waals surface area contributed by atoms with Crippen LogP contribution in [0.1, 0.15) is 11.3 Å². The molecule has 0 radical (unpaired) electrons. The number of benzene rings is 1. The van der Waals surface area contributed by atoms with Crippen molar-refractivity contribution in [2.24, 2.45) is 0 Å². The van der Waals surface area contributed by atoms with E-state index < -0.39 is 12.8 Å². The third-order valence-corrected chi connectivity index (χ3v) is 5.77. The summed E-state index contributed by atoms with van der Waals surface area (Å²) in [7, 11) is 0. The Morgan fingerprint density at radius 1 is 1.08 bits per heavy atom. The van der Waals surface area contributed by atoms with Crippen LogP contribution in [0.5, 0.6) is 0 Å². The normalized spacial score (nSPS) is 18.2. The predicted octanol–water partition coefficient (Wildman–Crippen LogP) is 5.41. The average molecular weight is 478 g/mol. The van der Waals surface area contributed by atoms with E-state index in [1.165, 1.54) is 12.1 Å². The van der Waals surface area contributed by atoms with E-state index in [2.05, 4.69) is 31.9 Å². The van der Waals surface area contributed by atoms with E-state index in [4.69, 9.17) is 11.6 Å². The molecule has 3 heterocycles. The molecule has 0 bridgehead atoms. The van der Waals surface area contributed by atoms with Gasteiger partial charge >= 0.3 is 6.97 Å². The van der Waals surface area contributed by atoms with Crippen LogP contribution >= 0.6 is 43.5 Å². The van der Waals surface area contributed by atoms with Gasteiger partial charge in [0, 0.05) is 39.3 Å². The Labute approximate surface area is 157 Å². The van der Waals surface area contributed by atoms with E-state index >= 15 is 8.63 Å². The SMILES string of the molecule is Fc1cccc(C2=C3C=CC(Br)=[N+]3[B-](F)(F)n3c(Br)ccc32)c1Cl. The molecule has 1 aromatic carbocycles. The fraction of sp³-hybridized carbons (Fsp3) is 0. The van der Waals surface area contributed by atoms with Crippen LogP contribution in [-0.2, 0) is 0 Å². The minimum atomic E-state index is -4.10. The number of hydrogen-bond donors (Lipinski definition) is 0. The highest BCUT2D eigenvalue weighted by atomic mass is 79.9. The van der Waals surface area contributed by atoms with E-state index in [0.29, 0.717) is 11.1 Å². The lowest BCUT2D eigenvalue weighted by Crippen LogP contribution is -2.50. The van der Waals surface area contributed by atoms with Crippen molar-refractivity contribution in [1.29, 1.82) is 0 Å². The van der Waals surface area contributed by atoms with Crippen LogP contribution in [0.4, 0.5) is 13.0 Å². The van der Waals surface area contributed by atoms with Crippen molar-refractivity contribution < 1.29 is 17.5 Å². The lowest BCUT2D eigenvalue weighted by atomic mass is 9.86. The van der Waals surface area contributed by atoms with Crippen molar-refractivity contribution in [2.75, 3.05) is 0 Å². The van der Waals surface area contributed by atoms with Gasteiger partial charge in [0.1, 0.15) is 5.82 Å². The Kier molecular flexibility index (Phi) is 3.64. The van der Waals surface area contributed by atoms with Gasteiger partial charge in [0.2, 0.25) is 4.62 Å². The number of allylic oxidation sites excluding steroid dienone is 2. The van der Waals surface area contributed by atoms with Gasteiger partial charge in [-0.3, -0.25) is 0 Å². The molecule has 122 valence electrons. The van der Waals surface area contributed by atoms with Crippen molar-refractivity contribution >= 4 is 60.6 Å². The first-order valence-electron chi connectivity index (χ1n) is 6.92. The van der Waals surface area contributed by atoms with Crippen LogP contribution in [0.3, 0.4) is 0 Å². The van der Waals surface area contributed by atoms with Gasteiger partial charge in [-0.15, -0.1) is 0 Å². The molecular formula is C15H7BBr2ClF3N2. The molecule has 0 atom stereocenters. The monoisotopic (exact) mass is 476 g/mol. The summed E-state index contributed by atoms with van der Waals surface area (Å²) in [6.45, 7) is -4.10. The highest BCUT2D eigenvalue weighted by molar-refractivity contribution is 9.18. The number of nitrogens with zero attached hydrogens (tertiary/aromatic N) is 2. The first kappa shape index (κ1) is 16.2.